The van der Waals surface area contributed by atoms with Crippen LogP contribution in [-0.2, 0) is 4.79 Å². The molecule has 1 amide bonds. The van der Waals surface area contributed by atoms with Crippen LogP contribution in [0.15, 0.2) is 23.8 Å². The lowest BCUT2D eigenvalue weighted by Crippen LogP contribution is -2.22. The summed E-state index contributed by atoms with van der Waals surface area (Å²) >= 11 is 0. The van der Waals surface area contributed by atoms with Crippen molar-refractivity contribution in [1.29, 1.82) is 0 Å². The van der Waals surface area contributed by atoms with E-state index in [-0.39, 0.29) is 5.91 Å². The number of carbonyl (C=O) groups excluding carboxylic acids is 1. The highest BCUT2D eigenvalue weighted by molar-refractivity contribution is 5.76. The van der Waals surface area contributed by atoms with Gasteiger partial charge in [-0.3, -0.25) is 4.79 Å². The molecule has 0 radical (unpaired) electrons. The molecule has 2 heteroatoms. The van der Waals surface area contributed by atoms with Crippen LogP contribution in [-0.4, -0.2) is 12.5 Å². The lowest BCUT2D eigenvalue weighted by molar-refractivity contribution is -0.120. The van der Waals surface area contributed by atoms with Crippen LogP contribution in [0.2, 0.25) is 0 Å². The topological polar surface area (TPSA) is 29.1 Å². The number of nitrogens with one attached hydrogen (secondary N) is 1. The van der Waals surface area contributed by atoms with Crippen molar-refractivity contribution < 1.29 is 4.79 Å². The van der Waals surface area contributed by atoms with Gasteiger partial charge in [0.1, 0.15) is 0 Å². The van der Waals surface area contributed by atoms with E-state index < -0.39 is 0 Å². The lowest BCUT2D eigenvalue weighted by atomic mass is 10.1. The number of hydrogen-bond acceptors (Lipinski definition) is 1. The molecule has 0 rings (SSSR count). The molecule has 0 aliphatic rings. The van der Waals surface area contributed by atoms with Gasteiger partial charge in [-0.05, 0) is 33.1 Å². The van der Waals surface area contributed by atoms with Gasteiger partial charge in [0, 0.05) is 13.0 Å². The van der Waals surface area contributed by atoms with Crippen molar-refractivity contribution in [2.75, 3.05) is 6.54 Å². The van der Waals surface area contributed by atoms with Crippen LogP contribution >= 0.6 is 0 Å². The molecule has 1 N–H and O–H groups in total. The normalized spacial score (nSPS) is 11.4. The first kappa shape index (κ1) is 19.3. The lowest BCUT2D eigenvalue weighted by Gasteiger charge is -2.01. The Balaban J connectivity index is 0. The zero-order chi connectivity index (χ0) is 14.4. The average molecular weight is 253 g/mol. The standard InChI is InChI=1S/C11H19NO.C5H12/c1-4-6-7-10(3)8-9-11(13)12-5-2;1-4-5(2)3/h4,6-7H,5,8-9H2,1-3H3,(H,12,13);5H,4H2,1-3H3/b6-4-,10-7+;. The van der Waals surface area contributed by atoms with Gasteiger partial charge < -0.3 is 5.32 Å². The van der Waals surface area contributed by atoms with E-state index in [1.807, 2.05) is 39.0 Å². The number of carbonyl (C=O) groups is 1. The minimum absolute atomic E-state index is 0.135. The maximum absolute atomic E-state index is 11.1. The molecule has 0 fully saturated rings. The van der Waals surface area contributed by atoms with E-state index in [9.17, 15) is 4.79 Å². The molecule has 0 atom stereocenters. The third kappa shape index (κ3) is 17.3. The molecule has 0 heterocycles. The minimum Gasteiger partial charge on any atom is -0.356 e. The largest absolute Gasteiger partial charge is 0.356 e. The molecule has 0 saturated carbocycles. The number of rotatable bonds is 6. The van der Waals surface area contributed by atoms with Crippen molar-refractivity contribution in [2.24, 2.45) is 5.92 Å². The van der Waals surface area contributed by atoms with Gasteiger partial charge in [-0.1, -0.05) is 51.0 Å². The Morgan fingerprint density at radius 1 is 1.22 bits per heavy atom. The summed E-state index contributed by atoms with van der Waals surface area (Å²) in [7, 11) is 0. The highest BCUT2D eigenvalue weighted by Gasteiger charge is 1.98. The van der Waals surface area contributed by atoms with Gasteiger partial charge in [0.15, 0.2) is 0 Å². The van der Waals surface area contributed by atoms with Crippen molar-refractivity contribution >= 4 is 5.91 Å². The van der Waals surface area contributed by atoms with Crippen LogP contribution in [0.1, 0.15) is 60.8 Å². The monoisotopic (exact) mass is 253 g/mol. The Bertz CT molecular complexity index is 252. The summed E-state index contributed by atoms with van der Waals surface area (Å²) in [6, 6.07) is 0. The van der Waals surface area contributed by atoms with Crippen LogP contribution in [0, 0.1) is 5.92 Å². The summed E-state index contributed by atoms with van der Waals surface area (Å²) in [4.78, 5) is 11.1. The van der Waals surface area contributed by atoms with Crippen molar-refractivity contribution in [3.63, 3.8) is 0 Å². The molecular formula is C16H31NO. The van der Waals surface area contributed by atoms with Crippen LogP contribution in [0.25, 0.3) is 0 Å². The number of amides is 1. The zero-order valence-electron chi connectivity index (χ0n) is 13.0. The smallest absolute Gasteiger partial charge is 0.220 e. The summed E-state index contributed by atoms with van der Waals surface area (Å²) in [6.45, 7) is 13.3. The Morgan fingerprint density at radius 2 is 1.78 bits per heavy atom. The van der Waals surface area contributed by atoms with E-state index in [0.717, 1.165) is 18.9 Å². The van der Waals surface area contributed by atoms with E-state index in [4.69, 9.17) is 0 Å². The van der Waals surface area contributed by atoms with E-state index in [2.05, 4.69) is 26.1 Å². The van der Waals surface area contributed by atoms with Crippen LogP contribution in [0.5, 0.6) is 0 Å². The predicted molar refractivity (Wildman–Crippen MR) is 81.6 cm³/mol. The average Bonchev–Trinajstić information content (AvgIpc) is 2.34. The molecule has 0 unspecified atom stereocenters. The summed E-state index contributed by atoms with van der Waals surface area (Å²) in [5.41, 5.74) is 1.24. The zero-order valence-corrected chi connectivity index (χ0v) is 13.0. The first-order valence-electron chi connectivity index (χ1n) is 7.02. The molecule has 0 aromatic carbocycles. The fraction of sp³-hybridized carbons (Fsp3) is 0.688. The quantitative estimate of drug-likeness (QED) is 0.695. The third-order valence-electron chi connectivity index (χ3n) is 2.51. The summed E-state index contributed by atoms with van der Waals surface area (Å²) in [5, 5.41) is 2.77. The van der Waals surface area contributed by atoms with Gasteiger partial charge in [0.05, 0.1) is 0 Å². The second-order valence-corrected chi connectivity index (χ2v) is 4.79. The van der Waals surface area contributed by atoms with Crippen LogP contribution < -0.4 is 5.32 Å². The maximum atomic E-state index is 11.1. The molecule has 0 aliphatic carbocycles. The SMILES string of the molecule is C/C=C\C=C(/C)CCC(=O)NCC.CCC(C)C. The van der Waals surface area contributed by atoms with Gasteiger partial charge in [-0.25, -0.2) is 0 Å². The Kier molecular flexibility index (Phi) is 15.0. The van der Waals surface area contributed by atoms with Gasteiger partial charge in [-0.2, -0.15) is 0 Å². The van der Waals surface area contributed by atoms with Gasteiger partial charge >= 0.3 is 0 Å². The third-order valence-corrected chi connectivity index (χ3v) is 2.51. The summed E-state index contributed by atoms with van der Waals surface area (Å²) in [5.74, 6) is 1.02. The number of hydrogen-bond donors (Lipinski definition) is 1. The Labute approximate surface area is 114 Å². The number of allylic oxidation sites excluding steroid dienone is 4. The Hall–Kier alpha value is -1.05. The van der Waals surface area contributed by atoms with Crippen molar-refractivity contribution in [3.8, 4) is 0 Å². The van der Waals surface area contributed by atoms with Gasteiger partial charge in [0.2, 0.25) is 5.91 Å². The van der Waals surface area contributed by atoms with Crippen molar-refractivity contribution in [2.45, 2.75) is 60.8 Å². The highest BCUT2D eigenvalue weighted by Crippen LogP contribution is 2.03. The fourth-order valence-electron chi connectivity index (χ4n) is 0.940. The van der Waals surface area contributed by atoms with Crippen molar-refractivity contribution in [1.82, 2.24) is 5.32 Å². The van der Waals surface area contributed by atoms with E-state index in [0.29, 0.717) is 6.42 Å². The van der Waals surface area contributed by atoms with Gasteiger partial charge in [-0.15, -0.1) is 0 Å². The molecule has 0 spiro atoms. The minimum atomic E-state index is 0.135. The van der Waals surface area contributed by atoms with E-state index in [1.54, 1.807) is 0 Å². The Morgan fingerprint density at radius 3 is 2.17 bits per heavy atom. The van der Waals surface area contributed by atoms with Gasteiger partial charge in [0.25, 0.3) is 0 Å². The van der Waals surface area contributed by atoms with E-state index in [1.165, 1.54) is 12.0 Å². The van der Waals surface area contributed by atoms with Crippen LogP contribution in [0.3, 0.4) is 0 Å². The molecular weight excluding hydrogens is 222 g/mol. The van der Waals surface area contributed by atoms with Crippen LogP contribution in [0.4, 0.5) is 0 Å². The molecule has 106 valence electrons. The second kappa shape index (κ2) is 14.0. The first-order chi connectivity index (χ1) is 8.47. The molecule has 0 bridgehead atoms. The second-order valence-electron chi connectivity index (χ2n) is 4.79. The van der Waals surface area contributed by atoms with Crippen molar-refractivity contribution in [3.05, 3.63) is 23.8 Å². The molecule has 0 aliphatic heterocycles. The molecule has 0 aromatic rings. The molecule has 2 nitrogen and oxygen atoms in total. The van der Waals surface area contributed by atoms with E-state index >= 15 is 0 Å². The molecule has 0 aromatic heterocycles. The highest BCUT2D eigenvalue weighted by atomic mass is 16.1. The predicted octanol–water partition coefficient (Wildman–Crippen LogP) is 4.48. The first-order valence-corrected chi connectivity index (χ1v) is 7.02. The molecule has 0 saturated heterocycles. The molecule has 18 heavy (non-hydrogen) atoms. The maximum Gasteiger partial charge on any atom is 0.220 e. The fourth-order valence-corrected chi connectivity index (χ4v) is 0.940. The summed E-state index contributed by atoms with van der Waals surface area (Å²) in [6.07, 6.45) is 8.76. The summed E-state index contributed by atoms with van der Waals surface area (Å²) < 4.78 is 0.